The lowest BCUT2D eigenvalue weighted by Gasteiger charge is -2.10. The summed E-state index contributed by atoms with van der Waals surface area (Å²) in [5, 5.41) is 7.53. The van der Waals surface area contributed by atoms with Crippen molar-refractivity contribution in [2.45, 2.75) is 46.5 Å². The molecule has 0 bridgehead atoms. The molecule has 3 aromatic rings. The fraction of sp³-hybridized carbons (Fsp3) is 0.333. The summed E-state index contributed by atoms with van der Waals surface area (Å²) >= 11 is 0. The van der Waals surface area contributed by atoms with E-state index in [1.165, 1.54) is 4.68 Å². The summed E-state index contributed by atoms with van der Waals surface area (Å²) in [6.07, 6.45) is 2.16. The van der Waals surface area contributed by atoms with Crippen LogP contribution in [-0.2, 0) is 0 Å². The number of benzene rings is 1. The number of H-pyrrole nitrogens is 1. The first kappa shape index (κ1) is 18.2. The van der Waals surface area contributed by atoms with Crippen molar-refractivity contribution in [3.63, 3.8) is 0 Å². The highest BCUT2D eigenvalue weighted by Gasteiger charge is 2.28. The highest BCUT2D eigenvalue weighted by atomic mass is 16.1. The maximum absolute atomic E-state index is 12.8. The molecule has 7 nitrogen and oxygen atoms in total. The molecule has 0 radical (unpaired) electrons. The summed E-state index contributed by atoms with van der Waals surface area (Å²) in [6, 6.07) is 7.46. The van der Waals surface area contributed by atoms with Gasteiger partial charge in [0.25, 0.3) is 11.5 Å². The molecule has 4 rings (SSSR count). The predicted octanol–water partition coefficient (Wildman–Crippen LogP) is 3.32. The normalized spacial score (nSPS) is 13.6. The van der Waals surface area contributed by atoms with Gasteiger partial charge in [-0.2, -0.15) is 9.78 Å². The van der Waals surface area contributed by atoms with E-state index in [9.17, 15) is 9.59 Å². The number of anilines is 1. The zero-order valence-corrected chi connectivity index (χ0v) is 16.5. The van der Waals surface area contributed by atoms with Crippen LogP contribution in [0.5, 0.6) is 0 Å². The molecule has 0 spiro atoms. The molecule has 7 heteroatoms. The minimum Gasteiger partial charge on any atom is -0.306 e. The number of aryl methyl sites for hydroxylation is 3. The topological polar surface area (TPSA) is 92.7 Å². The van der Waals surface area contributed by atoms with Crippen LogP contribution < -0.4 is 10.9 Å². The van der Waals surface area contributed by atoms with Crippen molar-refractivity contribution in [1.29, 1.82) is 0 Å². The average Bonchev–Trinajstić information content (AvgIpc) is 3.42. The van der Waals surface area contributed by atoms with E-state index in [0.717, 1.165) is 29.7 Å². The maximum Gasteiger partial charge on any atom is 0.256 e. The summed E-state index contributed by atoms with van der Waals surface area (Å²) < 4.78 is 1.51. The van der Waals surface area contributed by atoms with Crippen LogP contribution in [0.2, 0.25) is 0 Å². The molecule has 1 amide bonds. The van der Waals surface area contributed by atoms with E-state index in [2.05, 4.69) is 20.4 Å². The quantitative estimate of drug-likeness (QED) is 0.729. The molecule has 1 aliphatic carbocycles. The molecule has 1 aliphatic rings. The summed E-state index contributed by atoms with van der Waals surface area (Å²) in [6.45, 7) is 7.50. The highest BCUT2D eigenvalue weighted by molar-refractivity contribution is 6.04. The summed E-state index contributed by atoms with van der Waals surface area (Å²) in [5.41, 5.74) is 4.65. The number of aromatic amines is 1. The van der Waals surface area contributed by atoms with E-state index in [-0.39, 0.29) is 11.5 Å². The van der Waals surface area contributed by atoms with Crippen LogP contribution in [0.3, 0.4) is 0 Å². The van der Waals surface area contributed by atoms with E-state index in [4.69, 9.17) is 0 Å². The van der Waals surface area contributed by atoms with E-state index < -0.39 is 0 Å². The van der Waals surface area contributed by atoms with Gasteiger partial charge in [0.2, 0.25) is 5.95 Å². The number of nitrogens with zero attached hydrogens (tertiary/aromatic N) is 3. The van der Waals surface area contributed by atoms with Crippen LogP contribution in [0.1, 0.15) is 57.2 Å². The first-order chi connectivity index (χ1) is 13.3. The molecule has 2 N–H and O–H groups in total. The van der Waals surface area contributed by atoms with Crippen LogP contribution in [0.25, 0.3) is 5.95 Å². The molecule has 0 atom stereocenters. The average molecular weight is 377 g/mol. The molecule has 1 saturated carbocycles. The summed E-state index contributed by atoms with van der Waals surface area (Å²) in [4.78, 5) is 32.2. The predicted molar refractivity (Wildman–Crippen MR) is 107 cm³/mol. The molecular formula is C21H23N5O2. The zero-order valence-electron chi connectivity index (χ0n) is 16.5. The third-order valence-electron chi connectivity index (χ3n) is 5.32. The zero-order chi connectivity index (χ0) is 20.0. The number of aromatic nitrogens is 4. The van der Waals surface area contributed by atoms with Gasteiger partial charge in [-0.15, -0.1) is 0 Å². The Bertz CT molecular complexity index is 1140. The van der Waals surface area contributed by atoms with Gasteiger partial charge in [-0.3, -0.25) is 14.6 Å². The van der Waals surface area contributed by atoms with Gasteiger partial charge >= 0.3 is 0 Å². The Morgan fingerprint density at radius 3 is 2.54 bits per heavy atom. The van der Waals surface area contributed by atoms with Crippen molar-refractivity contribution in [3.8, 4) is 5.95 Å². The number of hydrogen-bond acceptors (Lipinski definition) is 4. The van der Waals surface area contributed by atoms with Gasteiger partial charge in [0, 0.05) is 28.8 Å². The Kier molecular flexibility index (Phi) is 4.37. The van der Waals surface area contributed by atoms with Crippen molar-refractivity contribution in [2.75, 3.05) is 5.32 Å². The molecule has 0 aliphatic heterocycles. The number of nitrogens with one attached hydrogen (secondary N) is 2. The van der Waals surface area contributed by atoms with E-state index in [1.807, 2.05) is 32.0 Å². The molecule has 0 saturated heterocycles. The van der Waals surface area contributed by atoms with Gasteiger partial charge in [-0.1, -0.05) is 6.07 Å². The fourth-order valence-corrected chi connectivity index (χ4v) is 3.03. The Balaban J connectivity index is 1.73. The minimum atomic E-state index is -0.224. The maximum atomic E-state index is 12.8. The highest BCUT2D eigenvalue weighted by Crippen LogP contribution is 2.40. The molecule has 1 fully saturated rings. The standard InChI is InChI=1S/C21H23N5O2/c1-11-5-6-16(9-12(11)2)20(28)23-18-10-17(15-7-8-15)25-26(18)21-22-14(4)13(3)19(27)24-21/h5-6,9-10,15H,7-8H2,1-4H3,(H,23,28)(H,22,24,27). The third kappa shape index (κ3) is 3.35. The van der Waals surface area contributed by atoms with Crippen molar-refractivity contribution < 1.29 is 4.79 Å². The van der Waals surface area contributed by atoms with Gasteiger partial charge in [0.15, 0.2) is 0 Å². The monoisotopic (exact) mass is 377 g/mol. The Labute approximate surface area is 162 Å². The molecule has 2 aromatic heterocycles. The molecule has 28 heavy (non-hydrogen) atoms. The van der Waals surface area contributed by atoms with Crippen LogP contribution >= 0.6 is 0 Å². The minimum absolute atomic E-state index is 0.211. The lowest BCUT2D eigenvalue weighted by Crippen LogP contribution is -2.21. The van der Waals surface area contributed by atoms with Crippen molar-refractivity contribution >= 4 is 11.7 Å². The van der Waals surface area contributed by atoms with E-state index in [1.54, 1.807) is 19.9 Å². The number of amides is 1. The largest absolute Gasteiger partial charge is 0.306 e. The summed E-state index contributed by atoms with van der Waals surface area (Å²) in [7, 11) is 0. The lowest BCUT2D eigenvalue weighted by atomic mass is 10.1. The second-order valence-corrected chi connectivity index (χ2v) is 7.49. The van der Waals surface area contributed by atoms with Gasteiger partial charge in [0.1, 0.15) is 5.82 Å². The van der Waals surface area contributed by atoms with E-state index >= 15 is 0 Å². The Morgan fingerprint density at radius 2 is 1.89 bits per heavy atom. The van der Waals surface area contributed by atoms with E-state index in [0.29, 0.717) is 34.5 Å². The Morgan fingerprint density at radius 1 is 1.14 bits per heavy atom. The van der Waals surface area contributed by atoms with Crippen molar-refractivity contribution in [3.05, 3.63) is 68.3 Å². The van der Waals surface area contributed by atoms with Gasteiger partial charge in [0.05, 0.1) is 5.69 Å². The van der Waals surface area contributed by atoms with Crippen LogP contribution in [0.15, 0.2) is 29.1 Å². The Hall–Kier alpha value is -3.22. The first-order valence-electron chi connectivity index (χ1n) is 9.40. The summed E-state index contributed by atoms with van der Waals surface area (Å²) in [5.74, 6) is 0.974. The van der Waals surface area contributed by atoms with Crippen molar-refractivity contribution in [1.82, 2.24) is 19.7 Å². The number of carbonyl (C=O) groups excluding carboxylic acids is 1. The second kappa shape index (κ2) is 6.74. The third-order valence-corrected chi connectivity index (χ3v) is 5.32. The van der Waals surface area contributed by atoms with Crippen LogP contribution in [0.4, 0.5) is 5.82 Å². The number of rotatable bonds is 4. The fourth-order valence-electron chi connectivity index (χ4n) is 3.03. The number of carbonyl (C=O) groups is 1. The van der Waals surface area contributed by atoms with Crippen molar-refractivity contribution in [2.24, 2.45) is 0 Å². The molecular weight excluding hydrogens is 354 g/mol. The molecule has 1 aromatic carbocycles. The second-order valence-electron chi connectivity index (χ2n) is 7.49. The molecule has 2 heterocycles. The lowest BCUT2D eigenvalue weighted by molar-refractivity contribution is 0.102. The van der Waals surface area contributed by atoms with Crippen LogP contribution in [0, 0.1) is 27.7 Å². The molecule has 0 unspecified atom stereocenters. The molecule has 144 valence electrons. The number of hydrogen-bond donors (Lipinski definition) is 2. The van der Waals surface area contributed by atoms with Gasteiger partial charge in [-0.05, 0) is 63.8 Å². The van der Waals surface area contributed by atoms with Gasteiger partial charge in [-0.25, -0.2) is 4.98 Å². The smallest absolute Gasteiger partial charge is 0.256 e. The van der Waals surface area contributed by atoms with Crippen LogP contribution in [-0.4, -0.2) is 25.7 Å². The van der Waals surface area contributed by atoms with Gasteiger partial charge < -0.3 is 5.32 Å². The SMILES string of the molecule is Cc1ccc(C(=O)Nc2cc(C3CC3)nn2-c2nc(C)c(C)c(=O)[nH]2)cc1C. The first-order valence-corrected chi connectivity index (χ1v) is 9.40.